The summed E-state index contributed by atoms with van der Waals surface area (Å²) >= 11 is 1.38. The minimum absolute atomic E-state index is 0.0189. The molecule has 1 aromatic heterocycles. The molecule has 0 saturated heterocycles. The Morgan fingerprint density at radius 3 is 2.65 bits per heavy atom. The fourth-order valence-corrected chi connectivity index (χ4v) is 2.85. The summed E-state index contributed by atoms with van der Waals surface area (Å²) in [5, 5.41) is 24.5. The molecule has 0 radical (unpaired) electrons. The van der Waals surface area contributed by atoms with Crippen molar-refractivity contribution in [2.45, 2.75) is 6.61 Å². The quantitative estimate of drug-likeness (QED) is 0.568. The van der Waals surface area contributed by atoms with Crippen molar-refractivity contribution in [2.75, 3.05) is 12.4 Å². The first-order valence-corrected chi connectivity index (χ1v) is 8.47. The smallest absolute Gasteiger partial charge is 0.342 e. The van der Waals surface area contributed by atoms with Gasteiger partial charge in [0.25, 0.3) is 0 Å². The van der Waals surface area contributed by atoms with E-state index >= 15 is 0 Å². The third kappa shape index (κ3) is 4.22. The molecule has 0 spiro atoms. The molecule has 134 valence electrons. The Morgan fingerprint density at radius 1 is 1.19 bits per heavy atom. The van der Waals surface area contributed by atoms with Gasteiger partial charge in [-0.3, -0.25) is 0 Å². The van der Waals surface area contributed by atoms with Gasteiger partial charge < -0.3 is 25.0 Å². The van der Waals surface area contributed by atoms with Gasteiger partial charge in [0.15, 0.2) is 5.13 Å². The summed E-state index contributed by atoms with van der Waals surface area (Å²) < 4.78 is 10.3. The zero-order chi connectivity index (χ0) is 18.5. The fraction of sp³-hybridized carbons (Fsp3) is 0.111. The Balaban J connectivity index is 1.58. The second kappa shape index (κ2) is 7.75. The number of esters is 1. The molecule has 0 unspecified atom stereocenters. The average Bonchev–Trinajstić information content (AvgIpc) is 3.08. The Morgan fingerprint density at radius 2 is 1.96 bits per heavy atom. The Labute approximate surface area is 153 Å². The number of hydrogen-bond donors (Lipinski definition) is 3. The second-order valence-corrected chi connectivity index (χ2v) is 6.13. The average molecular weight is 372 g/mol. The summed E-state index contributed by atoms with van der Waals surface area (Å²) in [6, 6.07) is 11.1. The van der Waals surface area contributed by atoms with Gasteiger partial charge in [0, 0.05) is 17.1 Å². The number of methoxy groups -OCH3 is 1. The van der Waals surface area contributed by atoms with E-state index in [-0.39, 0.29) is 23.7 Å². The monoisotopic (exact) mass is 372 g/mol. The number of thiazole rings is 1. The highest BCUT2D eigenvalue weighted by molar-refractivity contribution is 7.13. The number of hydrogen-bond acceptors (Lipinski definition) is 8. The number of anilines is 2. The van der Waals surface area contributed by atoms with E-state index in [1.165, 1.54) is 23.5 Å². The van der Waals surface area contributed by atoms with Crippen molar-refractivity contribution in [1.82, 2.24) is 4.98 Å². The van der Waals surface area contributed by atoms with Crippen LogP contribution in [-0.4, -0.2) is 28.3 Å². The largest absolute Gasteiger partial charge is 0.508 e. The van der Waals surface area contributed by atoms with Crippen molar-refractivity contribution in [3.63, 3.8) is 0 Å². The molecule has 1 heterocycles. The predicted molar refractivity (Wildman–Crippen MR) is 97.3 cm³/mol. The predicted octanol–water partition coefficient (Wildman–Crippen LogP) is 3.66. The molecular weight excluding hydrogens is 356 g/mol. The van der Waals surface area contributed by atoms with E-state index < -0.39 is 5.97 Å². The second-order valence-electron chi connectivity index (χ2n) is 5.28. The van der Waals surface area contributed by atoms with E-state index in [1.807, 2.05) is 24.3 Å². The number of carbonyl (C=O) groups is 1. The highest BCUT2D eigenvalue weighted by Gasteiger charge is 2.14. The van der Waals surface area contributed by atoms with Crippen molar-refractivity contribution >= 4 is 28.1 Å². The molecule has 8 heteroatoms. The summed E-state index contributed by atoms with van der Waals surface area (Å²) in [6.45, 7) is -0.0278. The summed E-state index contributed by atoms with van der Waals surface area (Å²) in [4.78, 5) is 16.3. The van der Waals surface area contributed by atoms with Gasteiger partial charge in [0.05, 0.1) is 12.8 Å². The van der Waals surface area contributed by atoms with Crippen molar-refractivity contribution < 1.29 is 24.5 Å². The zero-order valence-electron chi connectivity index (χ0n) is 13.8. The van der Waals surface area contributed by atoms with Crippen LogP contribution in [0.3, 0.4) is 0 Å². The van der Waals surface area contributed by atoms with Gasteiger partial charge in [-0.2, -0.15) is 0 Å². The summed E-state index contributed by atoms with van der Waals surface area (Å²) in [5.74, 6) is -0.400. The number of phenolic OH excluding ortho intramolecular Hbond substituents is 2. The highest BCUT2D eigenvalue weighted by atomic mass is 32.1. The van der Waals surface area contributed by atoms with Gasteiger partial charge in [-0.1, -0.05) is 0 Å². The molecular formula is C18H16N2O5S. The van der Waals surface area contributed by atoms with Crippen LogP contribution < -0.4 is 10.1 Å². The van der Waals surface area contributed by atoms with E-state index in [4.69, 9.17) is 9.47 Å². The van der Waals surface area contributed by atoms with Crippen LogP contribution in [0.25, 0.3) is 0 Å². The highest BCUT2D eigenvalue weighted by Crippen LogP contribution is 2.25. The lowest BCUT2D eigenvalue weighted by Gasteiger charge is -2.05. The van der Waals surface area contributed by atoms with E-state index in [2.05, 4.69) is 10.3 Å². The maximum Gasteiger partial charge on any atom is 0.342 e. The van der Waals surface area contributed by atoms with Crippen LogP contribution in [0, 0.1) is 0 Å². The number of carbonyl (C=O) groups excluding carboxylic acids is 1. The molecule has 0 aliphatic heterocycles. The third-order valence-corrected chi connectivity index (χ3v) is 4.25. The fourth-order valence-electron chi connectivity index (χ4n) is 2.14. The number of ether oxygens (including phenoxy) is 2. The topological polar surface area (TPSA) is 101 Å². The van der Waals surface area contributed by atoms with Gasteiger partial charge in [-0.25, -0.2) is 9.78 Å². The van der Waals surface area contributed by atoms with E-state index in [0.29, 0.717) is 10.8 Å². The zero-order valence-corrected chi connectivity index (χ0v) is 14.6. The minimum atomic E-state index is -0.694. The number of nitrogens with one attached hydrogen (secondary N) is 1. The molecule has 26 heavy (non-hydrogen) atoms. The van der Waals surface area contributed by atoms with Crippen LogP contribution in [0.2, 0.25) is 0 Å². The molecule has 0 amide bonds. The Hall–Kier alpha value is -3.26. The molecule has 0 fully saturated rings. The lowest BCUT2D eigenvalue weighted by Crippen LogP contribution is -2.05. The molecule has 0 bridgehead atoms. The van der Waals surface area contributed by atoms with Gasteiger partial charge in [-0.15, -0.1) is 11.3 Å². The number of nitrogens with zero attached hydrogens (tertiary/aromatic N) is 1. The lowest BCUT2D eigenvalue weighted by atomic mass is 10.2. The Bertz CT molecular complexity index is 908. The molecule has 0 aliphatic carbocycles. The van der Waals surface area contributed by atoms with Gasteiger partial charge in [-0.05, 0) is 36.4 Å². The van der Waals surface area contributed by atoms with Gasteiger partial charge in [0.1, 0.15) is 29.4 Å². The van der Waals surface area contributed by atoms with Crippen LogP contribution in [0.4, 0.5) is 10.8 Å². The van der Waals surface area contributed by atoms with Crippen LogP contribution in [0.15, 0.2) is 47.8 Å². The van der Waals surface area contributed by atoms with Crippen molar-refractivity contribution in [2.24, 2.45) is 0 Å². The summed E-state index contributed by atoms with van der Waals surface area (Å²) in [7, 11) is 1.61. The Kier molecular flexibility index (Phi) is 5.23. The van der Waals surface area contributed by atoms with Gasteiger partial charge in [0.2, 0.25) is 0 Å². The third-order valence-electron chi connectivity index (χ3n) is 3.45. The molecule has 3 aromatic rings. The first-order valence-electron chi connectivity index (χ1n) is 7.60. The molecule has 0 saturated carbocycles. The lowest BCUT2D eigenvalue weighted by molar-refractivity contribution is 0.0465. The van der Waals surface area contributed by atoms with Gasteiger partial charge >= 0.3 is 5.97 Å². The van der Waals surface area contributed by atoms with Crippen LogP contribution in [-0.2, 0) is 11.3 Å². The SMILES string of the molecule is COc1ccc(Nc2nc(COC(=O)c3ccc(O)cc3O)cs2)cc1. The van der Waals surface area contributed by atoms with Crippen LogP contribution in [0.1, 0.15) is 16.1 Å². The van der Waals surface area contributed by atoms with E-state index in [9.17, 15) is 15.0 Å². The van der Waals surface area contributed by atoms with Crippen molar-refractivity contribution in [3.8, 4) is 17.2 Å². The molecule has 0 aliphatic rings. The molecule has 3 rings (SSSR count). The maximum atomic E-state index is 12.0. The summed E-state index contributed by atoms with van der Waals surface area (Å²) in [5.41, 5.74) is 1.42. The van der Waals surface area contributed by atoms with E-state index in [0.717, 1.165) is 17.5 Å². The van der Waals surface area contributed by atoms with Crippen molar-refractivity contribution in [3.05, 3.63) is 59.1 Å². The minimum Gasteiger partial charge on any atom is -0.508 e. The number of aromatic hydroxyl groups is 2. The number of rotatable bonds is 6. The molecule has 7 nitrogen and oxygen atoms in total. The molecule has 3 N–H and O–H groups in total. The molecule has 0 atom stereocenters. The number of benzene rings is 2. The normalized spacial score (nSPS) is 10.3. The maximum absolute atomic E-state index is 12.0. The summed E-state index contributed by atoms with van der Waals surface area (Å²) in [6.07, 6.45) is 0. The number of aromatic nitrogens is 1. The first kappa shape index (κ1) is 17.6. The number of phenols is 2. The first-order chi connectivity index (χ1) is 12.5. The van der Waals surface area contributed by atoms with E-state index in [1.54, 1.807) is 12.5 Å². The van der Waals surface area contributed by atoms with Crippen LogP contribution in [0.5, 0.6) is 17.2 Å². The standard InChI is InChI=1S/C18H16N2O5S/c1-24-14-5-2-11(3-6-14)19-18-20-12(10-26-18)9-25-17(23)15-7-4-13(21)8-16(15)22/h2-8,10,21-22H,9H2,1H3,(H,19,20). The van der Waals surface area contributed by atoms with Crippen molar-refractivity contribution in [1.29, 1.82) is 0 Å². The van der Waals surface area contributed by atoms with Crippen LogP contribution >= 0.6 is 11.3 Å². The molecule has 2 aromatic carbocycles.